The Labute approximate surface area is 136 Å². The van der Waals surface area contributed by atoms with Crippen molar-refractivity contribution in [2.24, 2.45) is 0 Å². The Morgan fingerprint density at radius 2 is 2.05 bits per heavy atom. The highest BCUT2D eigenvalue weighted by molar-refractivity contribution is 6.38. The van der Waals surface area contributed by atoms with Crippen LogP contribution in [0.2, 0.25) is 10.0 Å². The molecule has 1 N–H and O–H groups in total. The Hall–Kier alpha value is -0.740. The number of hydrogen-bond acceptors (Lipinski definition) is 2. The predicted octanol–water partition coefficient (Wildman–Crippen LogP) is 4.35. The smallest absolute Gasteiger partial charge is 0.0518 e. The standard InChI is InChI=1S/C16H22Cl2N2O/c1-12(2)21-9-3-5-19-6-8-20-7-4-14-15(18)10-13(17)11-16(14)20/h4,7,10-12,19H,3,5-6,8-9H2,1-2H3. The molecule has 21 heavy (non-hydrogen) atoms. The monoisotopic (exact) mass is 328 g/mol. The summed E-state index contributed by atoms with van der Waals surface area (Å²) in [6.45, 7) is 7.69. The Bertz CT molecular complexity index is 581. The van der Waals surface area contributed by atoms with E-state index in [1.54, 1.807) is 6.07 Å². The van der Waals surface area contributed by atoms with Crippen molar-refractivity contribution in [3.63, 3.8) is 0 Å². The quantitative estimate of drug-likeness (QED) is 0.729. The molecule has 0 atom stereocenters. The van der Waals surface area contributed by atoms with Crippen LogP contribution in [0.1, 0.15) is 20.3 Å². The van der Waals surface area contributed by atoms with Gasteiger partial charge in [-0.25, -0.2) is 0 Å². The van der Waals surface area contributed by atoms with Crippen LogP contribution in [0.5, 0.6) is 0 Å². The third-order valence-electron chi connectivity index (χ3n) is 3.28. The van der Waals surface area contributed by atoms with Crippen LogP contribution in [-0.2, 0) is 11.3 Å². The lowest BCUT2D eigenvalue weighted by Crippen LogP contribution is -2.22. The number of hydrogen-bond donors (Lipinski definition) is 1. The second-order valence-electron chi connectivity index (χ2n) is 5.35. The zero-order valence-electron chi connectivity index (χ0n) is 12.5. The predicted molar refractivity (Wildman–Crippen MR) is 90.5 cm³/mol. The first-order valence-corrected chi connectivity index (χ1v) is 8.09. The van der Waals surface area contributed by atoms with E-state index in [9.17, 15) is 0 Å². The minimum atomic E-state index is 0.311. The molecule has 0 unspecified atom stereocenters. The van der Waals surface area contributed by atoms with Gasteiger partial charge in [-0.2, -0.15) is 0 Å². The molecular weight excluding hydrogens is 307 g/mol. The topological polar surface area (TPSA) is 26.2 Å². The molecular formula is C16H22Cl2N2O. The van der Waals surface area contributed by atoms with Gasteiger partial charge in [0.05, 0.1) is 16.6 Å². The summed E-state index contributed by atoms with van der Waals surface area (Å²) in [6, 6.07) is 5.77. The lowest BCUT2D eigenvalue weighted by atomic mass is 10.2. The number of halogens is 2. The van der Waals surface area contributed by atoms with Crippen molar-refractivity contribution in [1.29, 1.82) is 0 Å². The highest BCUT2D eigenvalue weighted by Crippen LogP contribution is 2.28. The van der Waals surface area contributed by atoms with E-state index in [2.05, 4.69) is 29.9 Å². The lowest BCUT2D eigenvalue weighted by molar-refractivity contribution is 0.0771. The largest absolute Gasteiger partial charge is 0.379 e. The van der Waals surface area contributed by atoms with Crippen LogP contribution in [0.4, 0.5) is 0 Å². The zero-order chi connectivity index (χ0) is 15.2. The van der Waals surface area contributed by atoms with Crippen molar-refractivity contribution in [1.82, 2.24) is 9.88 Å². The highest BCUT2D eigenvalue weighted by atomic mass is 35.5. The maximum Gasteiger partial charge on any atom is 0.0518 e. The number of ether oxygens (including phenoxy) is 1. The average molecular weight is 329 g/mol. The molecule has 116 valence electrons. The fourth-order valence-corrected chi connectivity index (χ4v) is 2.80. The first-order valence-electron chi connectivity index (χ1n) is 7.34. The molecule has 0 radical (unpaired) electrons. The second-order valence-corrected chi connectivity index (χ2v) is 6.20. The summed E-state index contributed by atoms with van der Waals surface area (Å²) >= 11 is 12.3. The van der Waals surface area contributed by atoms with Crippen LogP contribution in [0.15, 0.2) is 24.4 Å². The fraction of sp³-hybridized carbons (Fsp3) is 0.500. The molecule has 0 aliphatic rings. The van der Waals surface area contributed by atoms with Gasteiger partial charge in [0.25, 0.3) is 0 Å². The summed E-state index contributed by atoms with van der Waals surface area (Å²) in [6.07, 6.45) is 3.39. The number of rotatable bonds is 8. The van der Waals surface area contributed by atoms with Crippen molar-refractivity contribution in [3.8, 4) is 0 Å². The van der Waals surface area contributed by atoms with E-state index in [1.807, 2.05) is 12.1 Å². The van der Waals surface area contributed by atoms with E-state index in [0.717, 1.165) is 43.6 Å². The van der Waals surface area contributed by atoms with Crippen molar-refractivity contribution in [2.75, 3.05) is 19.7 Å². The summed E-state index contributed by atoms with van der Waals surface area (Å²) in [5.41, 5.74) is 1.08. The number of nitrogens with one attached hydrogen (secondary N) is 1. The van der Waals surface area contributed by atoms with Crippen LogP contribution >= 0.6 is 23.2 Å². The molecule has 2 rings (SSSR count). The van der Waals surface area contributed by atoms with Gasteiger partial charge in [-0.1, -0.05) is 23.2 Å². The number of nitrogens with zero attached hydrogens (tertiary/aromatic N) is 1. The van der Waals surface area contributed by atoms with Crippen molar-refractivity contribution >= 4 is 34.1 Å². The molecule has 0 saturated carbocycles. The first kappa shape index (κ1) is 16.6. The molecule has 2 aromatic rings. The normalized spacial score (nSPS) is 11.7. The van der Waals surface area contributed by atoms with Crippen LogP contribution in [-0.4, -0.2) is 30.4 Å². The SMILES string of the molecule is CC(C)OCCCNCCn1ccc2c(Cl)cc(Cl)cc21. The second kappa shape index (κ2) is 8.04. The summed E-state index contributed by atoms with van der Waals surface area (Å²) in [5.74, 6) is 0. The molecule has 1 aromatic carbocycles. The minimum Gasteiger partial charge on any atom is -0.379 e. The number of fused-ring (bicyclic) bond motifs is 1. The lowest BCUT2D eigenvalue weighted by Gasteiger charge is -2.09. The van der Waals surface area contributed by atoms with E-state index in [-0.39, 0.29) is 0 Å². The van der Waals surface area contributed by atoms with E-state index in [1.165, 1.54) is 0 Å². The van der Waals surface area contributed by atoms with E-state index < -0.39 is 0 Å². The van der Waals surface area contributed by atoms with Crippen molar-refractivity contribution < 1.29 is 4.74 Å². The van der Waals surface area contributed by atoms with Crippen LogP contribution in [0, 0.1) is 0 Å². The molecule has 3 nitrogen and oxygen atoms in total. The number of aromatic nitrogens is 1. The van der Waals surface area contributed by atoms with Gasteiger partial charge in [0, 0.05) is 36.3 Å². The Morgan fingerprint density at radius 3 is 2.81 bits per heavy atom. The van der Waals surface area contributed by atoms with Gasteiger partial charge in [-0.3, -0.25) is 0 Å². The molecule has 5 heteroatoms. The highest BCUT2D eigenvalue weighted by Gasteiger charge is 2.06. The molecule has 0 amide bonds. The third kappa shape index (κ3) is 4.89. The van der Waals surface area contributed by atoms with E-state index in [0.29, 0.717) is 16.1 Å². The Morgan fingerprint density at radius 1 is 1.24 bits per heavy atom. The maximum atomic E-state index is 6.19. The average Bonchev–Trinajstić information content (AvgIpc) is 2.80. The molecule has 1 aromatic heterocycles. The van der Waals surface area contributed by atoms with Crippen LogP contribution in [0.3, 0.4) is 0 Å². The van der Waals surface area contributed by atoms with Gasteiger partial charge in [0.1, 0.15) is 0 Å². The van der Waals surface area contributed by atoms with Gasteiger partial charge in [0.15, 0.2) is 0 Å². The summed E-state index contributed by atoms with van der Waals surface area (Å²) < 4.78 is 7.68. The molecule has 0 bridgehead atoms. The Balaban J connectivity index is 1.79. The van der Waals surface area contributed by atoms with Crippen molar-refractivity contribution in [2.45, 2.75) is 32.9 Å². The maximum absolute atomic E-state index is 6.19. The van der Waals surface area contributed by atoms with Gasteiger partial charge < -0.3 is 14.6 Å². The van der Waals surface area contributed by atoms with Gasteiger partial charge in [0.2, 0.25) is 0 Å². The van der Waals surface area contributed by atoms with Crippen molar-refractivity contribution in [3.05, 3.63) is 34.4 Å². The van der Waals surface area contributed by atoms with E-state index >= 15 is 0 Å². The summed E-state index contributed by atoms with van der Waals surface area (Å²) in [7, 11) is 0. The third-order valence-corrected chi connectivity index (χ3v) is 3.81. The minimum absolute atomic E-state index is 0.311. The van der Waals surface area contributed by atoms with Gasteiger partial charge in [-0.15, -0.1) is 0 Å². The first-order chi connectivity index (χ1) is 10.1. The molecule has 0 saturated heterocycles. The molecule has 0 spiro atoms. The zero-order valence-corrected chi connectivity index (χ0v) is 14.0. The van der Waals surface area contributed by atoms with Crippen LogP contribution in [0.25, 0.3) is 10.9 Å². The Kier molecular flexibility index (Phi) is 6.37. The fourth-order valence-electron chi connectivity index (χ4n) is 2.25. The van der Waals surface area contributed by atoms with Gasteiger partial charge in [-0.05, 0) is 45.0 Å². The summed E-state index contributed by atoms with van der Waals surface area (Å²) in [4.78, 5) is 0. The molecule has 1 heterocycles. The van der Waals surface area contributed by atoms with Crippen LogP contribution < -0.4 is 5.32 Å². The molecule has 0 aliphatic carbocycles. The summed E-state index contributed by atoms with van der Waals surface area (Å²) in [5, 5.41) is 5.85. The van der Waals surface area contributed by atoms with E-state index in [4.69, 9.17) is 27.9 Å². The van der Waals surface area contributed by atoms with Gasteiger partial charge >= 0.3 is 0 Å². The molecule has 0 fully saturated rings. The number of benzene rings is 1. The molecule has 0 aliphatic heterocycles.